The molecule has 1 aromatic carbocycles. The lowest BCUT2D eigenvalue weighted by molar-refractivity contribution is -0.117. The van der Waals surface area contributed by atoms with Crippen molar-refractivity contribution in [2.45, 2.75) is 19.8 Å². The number of benzene rings is 1. The molecule has 0 bridgehead atoms. The van der Waals surface area contributed by atoms with Gasteiger partial charge in [-0.25, -0.2) is 0 Å². The molecule has 0 spiro atoms. The molecule has 1 amide bonds. The quantitative estimate of drug-likeness (QED) is 0.898. The van der Waals surface area contributed by atoms with Crippen molar-refractivity contribution >= 4 is 11.6 Å². The minimum atomic E-state index is 0.0719. The highest BCUT2D eigenvalue weighted by molar-refractivity contribution is 5.97. The predicted molar refractivity (Wildman–Crippen MR) is 65.8 cm³/mol. The van der Waals surface area contributed by atoms with Gasteiger partial charge in [0.15, 0.2) is 0 Å². The summed E-state index contributed by atoms with van der Waals surface area (Å²) < 4.78 is 4.96. The van der Waals surface area contributed by atoms with Crippen LogP contribution >= 0.6 is 0 Å². The van der Waals surface area contributed by atoms with E-state index in [1.54, 1.807) is 6.92 Å². The molecule has 1 saturated carbocycles. The van der Waals surface area contributed by atoms with Gasteiger partial charge in [-0.1, -0.05) is 17.3 Å². The van der Waals surface area contributed by atoms with Gasteiger partial charge in [0.1, 0.15) is 0 Å². The Morgan fingerprint density at radius 1 is 1.39 bits per heavy atom. The van der Waals surface area contributed by atoms with Crippen molar-refractivity contribution in [1.82, 2.24) is 10.1 Å². The molecule has 92 valence electrons. The van der Waals surface area contributed by atoms with Crippen molar-refractivity contribution in [2.75, 3.05) is 5.32 Å². The second kappa shape index (κ2) is 4.25. The number of aromatic nitrogens is 2. The molecule has 3 rings (SSSR count). The fourth-order valence-electron chi connectivity index (χ4n) is 1.78. The summed E-state index contributed by atoms with van der Waals surface area (Å²) in [6.07, 6.45) is 1.96. The Morgan fingerprint density at radius 3 is 2.83 bits per heavy atom. The third-order valence-corrected chi connectivity index (χ3v) is 2.90. The van der Waals surface area contributed by atoms with Crippen LogP contribution in [0.3, 0.4) is 0 Å². The van der Waals surface area contributed by atoms with Gasteiger partial charge in [-0.15, -0.1) is 0 Å². The van der Waals surface area contributed by atoms with Crippen LogP contribution < -0.4 is 5.32 Å². The van der Waals surface area contributed by atoms with E-state index in [2.05, 4.69) is 15.5 Å². The van der Waals surface area contributed by atoms with E-state index in [1.165, 1.54) is 0 Å². The van der Waals surface area contributed by atoms with E-state index in [0.717, 1.165) is 24.1 Å². The molecular formula is C13H13N3O2. The first-order valence-corrected chi connectivity index (χ1v) is 5.94. The molecule has 5 nitrogen and oxygen atoms in total. The maximum atomic E-state index is 11.8. The second-order valence-electron chi connectivity index (χ2n) is 4.45. The van der Waals surface area contributed by atoms with Crippen molar-refractivity contribution in [3.05, 3.63) is 30.2 Å². The Hall–Kier alpha value is -2.17. The van der Waals surface area contributed by atoms with Crippen LogP contribution in [0.1, 0.15) is 18.7 Å². The maximum Gasteiger partial charge on any atom is 0.227 e. The van der Waals surface area contributed by atoms with Gasteiger partial charge in [0.2, 0.25) is 17.6 Å². The number of carbonyl (C=O) groups excluding carboxylic acids is 1. The molecule has 0 radical (unpaired) electrons. The highest BCUT2D eigenvalue weighted by Crippen LogP contribution is 2.32. The first kappa shape index (κ1) is 11.0. The largest absolute Gasteiger partial charge is 0.339 e. The summed E-state index contributed by atoms with van der Waals surface area (Å²) in [4.78, 5) is 16.0. The van der Waals surface area contributed by atoms with E-state index in [0.29, 0.717) is 11.7 Å². The number of carbonyl (C=O) groups is 1. The summed E-state index contributed by atoms with van der Waals surface area (Å²) in [6.45, 7) is 1.74. The normalized spacial score (nSPS) is 14.5. The van der Waals surface area contributed by atoms with Gasteiger partial charge in [0.25, 0.3) is 0 Å². The van der Waals surface area contributed by atoms with Gasteiger partial charge in [0.05, 0.1) is 5.69 Å². The highest BCUT2D eigenvalue weighted by Gasteiger charge is 2.30. The fourth-order valence-corrected chi connectivity index (χ4v) is 1.78. The van der Waals surface area contributed by atoms with E-state index in [1.807, 2.05) is 24.3 Å². The van der Waals surface area contributed by atoms with E-state index in [-0.39, 0.29) is 11.8 Å². The smallest absolute Gasteiger partial charge is 0.227 e. The summed E-state index contributed by atoms with van der Waals surface area (Å²) in [5.74, 6) is 1.25. The number of para-hydroxylation sites is 1. The van der Waals surface area contributed by atoms with Crippen molar-refractivity contribution in [2.24, 2.45) is 5.92 Å². The number of nitrogens with zero attached hydrogens (tertiary/aromatic N) is 2. The minimum Gasteiger partial charge on any atom is -0.339 e. The van der Waals surface area contributed by atoms with Gasteiger partial charge < -0.3 is 9.84 Å². The number of amides is 1. The molecular weight excluding hydrogens is 230 g/mol. The zero-order valence-electron chi connectivity index (χ0n) is 10.0. The SMILES string of the molecule is Cc1nc(-c2ccccc2NC(=O)C2CC2)no1. The number of anilines is 1. The third-order valence-electron chi connectivity index (χ3n) is 2.90. The summed E-state index contributed by atoms with van der Waals surface area (Å²) in [6, 6.07) is 7.47. The van der Waals surface area contributed by atoms with E-state index in [9.17, 15) is 4.79 Å². The number of aryl methyl sites for hydroxylation is 1. The van der Waals surface area contributed by atoms with E-state index in [4.69, 9.17) is 4.52 Å². The molecule has 18 heavy (non-hydrogen) atoms. The molecule has 1 heterocycles. The lowest BCUT2D eigenvalue weighted by atomic mass is 10.1. The van der Waals surface area contributed by atoms with Crippen molar-refractivity contribution < 1.29 is 9.32 Å². The molecule has 0 aliphatic heterocycles. The van der Waals surface area contributed by atoms with Crippen molar-refractivity contribution in [3.63, 3.8) is 0 Å². The minimum absolute atomic E-state index is 0.0719. The average molecular weight is 243 g/mol. The standard InChI is InChI=1S/C13H13N3O2/c1-8-14-12(16-18-8)10-4-2-3-5-11(10)15-13(17)9-6-7-9/h2-5,9H,6-7H2,1H3,(H,15,17). The topological polar surface area (TPSA) is 68.0 Å². The zero-order chi connectivity index (χ0) is 12.5. The number of rotatable bonds is 3. The van der Waals surface area contributed by atoms with Crippen LogP contribution in [-0.4, -0.2) is 16.0 Å². The lowest BCUT2D eigenvalue weighted by Crippen LogP contribution is -2.14. The molecule has 0 unspecified atom stereocenters. The van der Waals surface area contributed by atoms with Gasteiger partial charge in [-0.3, -0.25) is 4.79 Å². The molecule has 2 aromatic rings. The van der Waals surface area contributed by atoms with Crippen LogP contribution in [0.2, 0.25) is 0 Å². The van der Waals surface area contributed by atoms with Crippen LogP contribution in [0.5, 0.6) is 0 Å². The summed E-state index contributed by atoms with van der Waals surface area (Å²) >= 11 is 0. The van der Waals surface area contributed by atoms with Crippen LogP contribution in [0.25, 0.3) is 11.4 Å². The Morgan fingerprint density at radius 2 is 2.17 bits per heavy atom. The monoisotopic (exact) mass is 243 g/mol. The van der Waals surface area contributed by atoms with Gasteiger partial charge >= 0.3 is 0 Å². The molecule has 0 atom stereocenters. The van der Waals surface area contributed by atoms with Crippen LogP contribution in [-0.2, 0) is 4.79 Å². The Labute approximate surface area is 104 Å². The number of hydrogen-bond acceptors (Lipinski definition) is 4. The molecule has 1 N–H and O–H groups in total. The summed E-state index contributed by atoms with van der Waals surface area (Å²) in [7, 11) is 0. The molecule has 0 saturated heterocycles. The van der Waals surface area contributed by atoms with Crippen molar-refractivity contribution in [3.8, 4) is 11.4 Å². The molecule has 1 aromatic heterocycles. The second-order valence-corrected chi connectivity index (χ2v) is 4.45. The summed E-state index contributed by atoms with van der Waals surface area (Å²) in [5, 5.41) is 6.80. The molecule has 5 heteroatoms. The van der Waals surface area contributed by atoms with Gasteiger partial charge in [-0.2, -0.15) is 4.98 Å². The molecule has 1 fully saturated rings. The Balaban J connectivity index is 1.91. The van der Waals surface area contributed by atoms with Crippen molar-refractivity contribution in [1.29, 1.82) is 0 Å². The summed E-state index contributed by atoms with van der Waals surface area (Å²) in [5.41, 5.74) is 1.51. The van der Waals surface area contributed by atoms with Crippen LogP contribution in [0.15, 0.2) is 28.8 Å². The molecule has 1 aliphatic rings. The first-order valence-electron chi connectivity index (χ1n) is 5.94. The lowest BCUT2D eigenvalue weighted by Gasteiger charge is -2.07. The fraction of sp³-hybridized carbons (Fsp3) is 0.308. The van der Waals surface area contributed by atoms with Crippen LogP contribution in [0, 0.1) is 12.8 Å². The van der Waals surface area contributed by atoms with Crippen LogP contribution in [0.4, 0.5) is 5.69 Å². The molecule has 1 aliphatic carbocycles. The Kier molecular flexibility index (Phi) is 2.59. The number of nitrogens with one attached hydrogen (secondary N) is 1. The zero-order valence-corrected chi connectivity index (χ0v) is 10.0. The van der Waals surface area contributed by atoms with Gasteiger partial charge in [0, 0.05) is 18.4 Å². The average Bonchev–Trinajstić information content (AvgIpc) is 3.13. The highest BCUT2D eigenvalue weighted by atomic mass is 16.5. The predicted octanol–water partition coefficient (Wildman–Crippen LogP) is 2.39. The maximum absolute atomic E-state index is 11.8. The van der Waals surface area contributed by atoms with E-state index < -0.39 is 0 Å². The van der Waals surface area contributed by atoms with Gasteiger partial charge in [-0.05, 0) is 25.0 Å². The first-order chi connectivity index (χ1) is 8.74. The third kappa shape index (κ3) is 2.11. The van der Waals surface area contributed by atoms with E-state index >= 15 is 0 Å². The Bertz CT molecular complexity index is 587. The number of hydrogen-bond donors (Lipinski definition) is 1.